The van der Waals surface area contributed by atoms with Crippen molar-refractivity contribution in [3.8, 4) is 0 Å². The summed E-state index contributed by atoms with van der Waals surface area (Å²) in [4.78, 5) is 0. The fraction of sp³-hybridized carbons (Fsp3) is 0.500. The van der Waals surface area contributed by atoms with Gasteiger partial charge in [0, 0.05) is 11.6 Å². The van der Waals surface area contributed by atoms with E-state index in [4.69, 9.17) is 11.6 Å². The van der Waals surface area contributed by atoms with Crippen molar-refractivity contribution in [3.05, 3.63) is 12.1 Å². The zero-order valence-electron chi connectivity index (χ0n) is 8.17. The molecule has 7 heteroatoms. The van der Waals surface area contributed by atoms with Crippen molar-refractivity contribution in [2.75, 3.05) is 11.6 Å². The largest absolute Gasteiger partial charge is 0.200 e. The minimum absolute atomic E-state index is 0.475. The number of hydrogen-bond acceptors (Lipinski definition) is 5. The minimum atomic E-state index is 0.475. The van der Waals surface area contributed by atoms with E-state index in [2.05, 4.69) is 27.5 Å². The van der Waals surface area contributed by atoms with Crippen LogP contribution in [0.15, 0.2) is 17.2 Å². The number of aromatic nitrogens is 5. The Morgan fingerprint density at radius 3 is 3.20 bits per heavy atom. The number of tetrazole rings is 1. The molecule has 1 unspecified atom stereocenters. The predicted octanol–water partition coefficient (Wildman–Crippen LogP) is 1.49. The third kappa shape index (κ3) is 2.57. The molecule has 2 rings (SSSR count). The van der Waals surface area contributed by atoms with Crippen LogP contribution in [0.5, 0.6) is 0 Å². The number of fused-ring (bicyclic) bond motifs is 1. The minimum Gasteiger partial charge on any atom is -0.140 e. The van der Waals surface area contributed by atoms with E-state index in [9.17, 15) is 0 Å². The van der Waals surface area contributed by atoms with Crippen LogP contribution in [0.2, 0.25) is 0 Å². The highest BCUT2D eigenvalue weighted by atomic mass is 35.5. The second-order valence-electron chi connectivity index (χ2n) is 3.27. The Bertz CT molecular complexity index is 445. The molecule has 0 N–H and O–H groups in total. The zero-order chi connectivity index (χ0) is 10.7. The fourth-order valence-electron chi connectivity index (χ4n) is 0.982. The summed E-state index contributed by atoms with van der Waals surface area (Å²) in [6.45, 7) is 2.11. The molecule has 0 fully saturated rings. The highest BCUT2D eigenvalue weighted by Crippen LogP contribution is 2.18. The Hall–Kier alpha value is -0.880. The Kier molecular flexibility index (Phi) is 3.37. The van der Waals surface area contributed by atoms with Crippen molar-refractivity contribution < 1.29 is 0 Å². The summed E-state index contributed by atoms with van der Waals surface area (Å²) in [5, 5.41) is 16.2. The first-order valence-electron chi connectivity index (χ1n) is 4.54. The molecule has 0 aliphatic heterocycles. The van der Waals surface area contributed by atoms with E-state index in [1.165, 1.54) is 4.63 Å². The quantitative estimate of drug-likeness (QED) is 0.602. The van der Waals surface area contributed by atoms with Crippen LogP contribution in [0.3, 0.4) is 0 Å². The van der Waals surface area contributed by atoms with Crippen molar-refractivity contribution >= 4 is 29.0 Å². The number of rotatable bonds is 4. The van der Waals surface area contributed by atoms with E-state index in [1.807, 2.05) is 12.1 Å². The second kappa shape index (κ2) is 4.76. The molecule has 5 nitrogen and oxygen atoms in total. The summed E-state index contributed by atoms with van der Waals surface area (Å²) in [6.07, 6.45) is 0. The van der Waals surface area contributed by atoms with Gasteiger partial charge in [-0.3, -0.25) is 0 Å². The summed E-state index contributed by atoms with van der Waals surface area (Å²) >= 11 is 7.38. The summed E-state index contributed by atoms with van der Waals surface area (Å²) in [5.41, 5.74) is 0.657. The fourth-order valence-corrected chi connectivity index (χ4v) is 2.09. The maximum atomic E-state index is 5.72. The molecular formula is C8H10ClN5S. The monoisotopic (exact) mass is 243 g/mol. The van der Waals surface area contributed by atoms with Crippen molar-refractivity contribution in [2.24, 2.45) is 5.92 Å². The van der Waals surface area contributed by atoms with E-state index in [-0.39, 0.29) is 0 Å². The van der Waals surface area contributed by atoms with Crippen molar-refractivity contribution in [1.29, 1.82) is 0 Å². The normalized spacial score (nSPS) is 13.2. The van der Waals surface area contributed by atoms with E-state index in [0.29, 0.717) is 17.4 Å². The molecular weight excluding hydrogens is 234 g/mol. The van der Waals surface area contributed by atoms with E-state index < -0.39 is 0 Å². The molecule has 0 aliphatic carbocycles. The van der Waals surface area contributed by atoms with Gasteiger partial charge in [-0.1, -0.05) is 6.92 Å². The summed E-state index contributed by atoms with van der Waals surface area (Å²) in [6, 6.07) is 3.76. The van der Waals surface area contributed by atoms with Gasteiger partial charge in [-0.15, -0.1) is 38.2 Å². The third-order valence-corrected chi connectivity index (χ3v) is 3.60. The molecule has 2 aromatic rings. The molecule has 80 valence electrons. The van der Waals surface area contributed by atoms with Gasteiger partial charge in [0.15, 0.2) is 5.65 Å². The maximum absolute atomic E-state index is 5.72. The second-order valence-corrected chi connectivity index (χ2v) is 4.62. The molecule has 0 bridgehead atoms. The Labute approximate surface area is 96.2 Å². The smallest absolute Gasteiger partial charge is 0.140 e. The molecule has 2 heterocycles. The van der Waals surface area contributed by atoms with E-state index in [1.54, 1.807) is 11.8 Å². The Morgan fingerprint density at radius 2 is 2.40 bits per heavy atom. The zero-order valence-corrected chi connectivity index (χ0v) is 9.74. The van der Waals surface area contributed by atoms with Gasteiger partial charge in [0.05, 0.1) is 0 Å². The van der Waals surface area contributed by atoms with Crippen molar-refractivity contribution in [2.45, 2.75) is 11.9 Å². The summed E-state index contributed by atoms with van der Waals surface area (Å²) < 4.78 is 1.42. The van der Waals surface area contributed by atoms with E-state index in [0.717, 1.165) is 10.8 Å². The molecule has 2 aromatic heterocycles. The SMILES string of the molecule is CC(CCl)CSc1ccc2nnnn2n1. The number of alkyl halides is 1. The van der Waals surface area contributed by atoms with Crippen LogP contribution in [0, 0.1) is 5.92 Å². The molecule has 0 radical (unpaired) electrons. The van der Waals surface area contributed by atoms with Gasteiger partial charge in [0.2, 0.25) is 0 Å². The molecule has 0 amide bonds. The molecule has 15 heavy (non-hydrogen) atoms. The molecule has 1 atom stereocenters. The van der Waals surface area contributed by atoms with Gasteiger partial charge in [-0.2, -0.15) is 0 Å². The van der Waals surface area contributed by atoms with Crippen LogP contribution in [-0.4, -0.2) is 36.9 Å². The molecule has 0 aromatic carbocycles. The van der Waals surface area contributed by atoms with Crippen LogP contribution in [0.1, 0.15) is 6.92 Å². The Morgan fingerprint density at radius 1 is 1.53 bits per heavy atom. The van der Waals surface area contributed by atoms with Crippen LogP contribution in [0.25, 0.3) is 5.65 Å². The topological polar surface area (TPSA) is 56.0 Å². The van der Waals surface area contributed by atoms with Crippen molar-refractivity contribution in [3.63, 3.8) is 0 Å². The predicted molar refractivity (Wildman–Crippen MR) is 59.2 cm³/mol. The number of halogens is 1. The number of thioether (sulfide) groups is 1. The highest BCUT2D eigenvalue weighted by molar-refractivity contribution is 7.99. The standard InChI is InChI=1S/C8H10ClN5S/c1-6(4-9)5-15-8-3-2-7-10-12-13-14(7)11-8/h2-3,6H,4-5H2,1H3. The van der Waals surface area contributed by atoms with Gasteiger partial charge in [0.1, 0.15) is 5.03 Å². The highest BCUT2D eigenvalue weighted by Gasteiger charge is 2.04. The molecule has 0 aliphatic rings. The van der Waals surface area contributed by atoms with Gasteiger partial charge in [0.25, 0.3) is 0 Å². The summed E-state index contributed by atoms with van der Waals surface area (Å²) in [5.74, 6) is 2.09. The number of hydrogen-bond donors (Lipinski definition) is 0. The molecule has 0 saturated heterocycles. The lowest BCUT2D eigenvalue weighted by Gasteiger charge is -2.05. The van der Waals surface area contributed by atoms with E-state index >= 15 is 0 Å². The van der Waals surface area contributed by atoms with Gasteiger partial charge < -0.3 is 0 Å². The average molecular weight is 244 g/mol. The van der Waals surface area contributed by atoms with Gasteiger partial charge in [-0.05, 0) is 28.5 Å². The van der Waals surface area contributed by atoms with Crippen LogP contribution in [0.4, 0.5) is 0 Å². The first-order valence-corrected chi connectivity index (χ1v) is 6.06. The molecule has 0 spiro atoms. The number of nitrogens with zero attached hydrogens (tertiary/aromatic N) is 5. The average Bonchev–Trinajstić information content (AvgIpc) is 2.72. The molecule has 0 saturated carbocycles. The Balaban J connectivity index is 2.08. The van der Waals surface area contributed by atoms with Crippen LogP contribution < -0.4 is 0 Å². The lowest BCUT2D eigenvalue weighted by molar-refractivity contribution is 0.700. The van der Waals surface area contributed by atoms with Crippen molar-refractivity contribution in [1.82, 2.24) is 25.3 Å². The van der Waals surface area contributed by atoms with Crippen LogP contribution in [-0.2, 0) is 0 Å². The van der Waals surface area contributed by atoms with Gasteiger partial charge >= 0.3 is 0 Å². The first kappa shape index (κ1) is 10.6. The first-order chi connectivity index (χ1) is 7.29. The van der Waals surface area contributed by atoms with Crippen LogP contribution >= 0.6 is 23.4 Å². The van der Waals surface area contributed by atoms with Gasteiger partial charge in [-0.25, -0.2) is 0 Å². The third-order valence-electron chi connectivity index (χ3n) is 1.82. The lowest BCUT2D eigenvalue weighted by Crippen LogP contribution is -2.01. The lowest BCUT2D eigenvalue weighted by atomic mass is 10.3. The summed E-state index contributed by atoms with van der Waals surface area (Å²) in [7, 11) is 0. The maximum Gasteiger partial charge on any atom is 0.200 e.